The summed E-state index contributed by atoms with van der Waals surface area (Å²) >= 11 is 3.26. The van der Waals surface area contributed by atoms with Gasteiger partial charge in [0.25, 0.3) is 5.69 Å². The number of nitrogens with zero attached hydrogens (tertiary/aromatic N) is 1. The number of ether oxygens (including phenoxy) is 1. The maximum Gasteiger partial charge on any atom is 0.270 e. The van der Waals surface area contributed by atoms with Gasteiger partial charge in [-0.2, -0.15) is 0 Å². The van der Waals surface area contributed by atoms with Gasteiger partial charge in [0.15, 0.2) is 0 Å². The van der Waals surface area contributed by atoms with Crippen molar-refractivity contribution in [1.82, 2.24) is 0 Å². The molecule has 0 unspecified atom stereocenters. The van der Waals surface area contributed by atoms with Crippen molar-refractivity contribution in [3.63, 3.8) is 0 Å². The van der Waals surface area contributed by atoms with Crippen LogP contribution in [0.2, 0.25) is 0 Å². The fourth-order valence-corrected chi connectivity index (χ4v) is 1.52. The molecule has 0 aliphatic rings. The highest BCUT2D eigenvalue weighted by Gasteiger charge is 2.10. The second kappa shape index (κ2) is 4.95. The average Bonchev–Trinajstić information content (AvgIpc) is 2.18. The molecule has 14 heavy (non-hydrogen) atoms. The second-order valence-corrected chi connectivity index (χ2v) is 3.18. The third-order valence-corrected chi connectivity index (χ3v) is 2.30. The van der Waals surface area contributed by atoms with Crippen molar-refractivity contribution in [1.29, 1.82) is 0 Å². The minimum absolute atomic E-state index is 0.0860. The second-order valence-electron chi connectivity index (χ2n) is 2.62. The predicted octanol–water partition coefficient (Wildman–Crippen LogP) is 2.89. The Morgan fingerprint density at radius 3 is 2.79 bits per heavy atom. The molecule has 0 aliphatic heterocycles. The molecular weight excluding hydrogens is 250 g/mol. The molecule has 0 aromatic heterocycles. The van der Waals surface area contributed by atoms with Crippen LogP contribution in [0.1, 0.15) is 12.5 Å². The first-order valence-corrected chi connectivity index (χ1v) is 5.27. The molecule has 1 aromatic carbocycles. The van der Waals surface area contributed by atoms with Crippen LogP contribution >= 0.6 is 15.9 Å². The zero-order valence-electron chi connectivity index (χ0n) is 7.70. The summed E-state index contributed by atoms with van der Waals surface area (Å²) in [6.07, 6.45) is 0. The molecular formula is C9H10BrNO3. The van der Waals surface area contributed by atoms with Crippen molar-refractivity contribution in [2.45, 2.75) is 12.3 Å². The number of nitro benzene ring substituents is 1. The molecule has 0 heterocycles. The van der Waals surface area contributed by atoms with Gasteiger partial charge >= 0.3 is 0 Å². The lowest BCUT2D eigenvalue weighted by Gasteiger charge is -2.07. The molecule has 0 aliphatic carbocycles. The monoisotopic (exact) mass is 259 g/mol. The highest BCUT2D eigenvalue weighted by molar-refractivity contribution is 9.08. The van der Waals surface area contributed by atoms with Crippen molar-refractivity contribution >= 4 is 21.6 Å². The topological polar surface area (TPSA) is 52.4 Å². The Bertz CT molecular complexity index is 341. The van der Waals surface area contributed by atoms with Crippen LogP contribution in [0.5, 0.6) is 5.75 Å². The van der Waals surface area contributed by atoms with Crippen LogP contribution in [-0.4, -0.2) is 11.5 Å². The summed E-state index contributed by atoms with van der Waals surface area (Å²) in [6, 6.07) is 4.58. The average molecular weight is 260 g/mol. The van der Waals surface area contributed by atoms with Gasteiger partial charge in [0.2, 0.25) is 0 Å². The molecule has 0 radical (unpaired) electrons. The molecule has 0 saturated carbocycles. The number of halogens is 1. The molecule has 0 spiro atoms. The highest BCUT2D eigenvalue weighted by atomic mass is 79.9. The Balaban J connectivity index is 3.04. The first-order valence-electron chi connectivity index (χ1n) is 4.15. The van der Waals surface area contributed by atoms with E-state index in [-0.39, 0.29) is 5.69 Å². The molecule has 1 rings (SSSR count). The minimum atomic E-state index is -0.415. The number of alkyl halides is 1. The molecule has 0 atom stereocenters. The van der Waals surface area contributed by atoms with Crippen molar-refractivity contribution in [2.75, 3.05) is 6.61 Å². The quantitative estimate of drug-likeness (QED) is 0.475. The van der Waals surface area contributed by atoms with Gasteiger partial charge in [-0.3, -0.25) is 10.1 Å². The summed E-state index contributed by atoms with van der Waals surface area (Å²) in [6.45, 7) is 2.43. The number of non-ortho nitro benzene ring substituents is 1. The molecule has 76 valence electrons. The van der Waals surface area contributed by atoms with E-state index >= 15 is 0 Å². The summed E-state index contributed by atoms with van der Waals surface area (Å²) in [4.78, 5) is 10.1. The van der Waals surface area contributed by atoms with Gasteiger partial charge < -0.3 is 4.74 Å². The van der Waals surface area contributed by atoms with Gasteiger partial charge in [-0.1, -0.05) is 15.9 Å². The van der Waals surface area contributed by atoms with Crippen molar-refractivity contribution < 1.29 is 9.66 Å². The first-order chi connectivity index (χ1) is 6.69. The maximum atomic E-state index is 10.5. The third-order valence-electron chi connectivity index (χ3n) is 1.70. The number of benzene rings is 1. The van der Waals surface area contributed by atoms with E-state index < -0.39 is 4.92 Å². The highest BCUT2D eigenvalue weighted by Crippen LogP contribution is 2.25. The molecule has 0 N–H and O–H groups in total. The molecule has 0 amide bonds. The lowest BCUT2D eigenvalue weighted by molar-refractivity contribution is -0.384. The zero-order chi connectivity index (χ0) is 10.6. The van der Waals surface area contributed by atoms with Gasteiger partial charge in [0.1, 0.15) is 5.75 Å². The summed E-state index contributed by atoms with van der Waals surface area (Å²) in [7, 11) is 0. The van der Waals surface area contributed by atoms with E-state index in [0.717, 1.165) is 5.56 Å². The van der Waals surface area contributed by atoms with E-state index in [1.54, 1.807) is 6.07 Å². The predicted molar refractivity (Wildman–Crippen MR) is 56.9 cm³/mol. The van der Waals surface area contributed by atoms with Crippen LogP contribution in [0.15, 0.2) is 18.2 Å². The largest absolute Gasteiger partial charge is 0.494 e. The fourth-order valence-electron chi connectivity index (χ4n) is 1.08. The van der Waals surface area contributed by atoms with Crippen LogP contribution < -0.4 is 4.74 Å². The Morgan fingerprint density at radius 2 is 2.29 bits per heavy atom. The normalized spacial score (nSPS) is 9.86. The Kier molecular flexibility index (Phi) is 3.88. The van der Waals surface area contributed by atoms with Crippen molar-refractivity contribution in [3.05, 3.63) is 33.9 Å². The van der Waals surface area contributed by atoms with Gasteiger partial charge in [-0.25, -0.2) is 0 Å². The van der Waals surface area contributed by atoms with E-state index in [0.29, 0.717) is 17.7 Å². The SMILES string of the molecule is CCOc1ccc([N+](=O)[O-])cc1CBr. The Hall–Kier alpha value is -1.10. The molecule has 1 aromatic rings. The molecule has 5 heteroatoms. The number of rotatable bonds is 4. The van der Waals surface area contributed by atoms with Crippen LogP contribution in [0.4, 0.5) is 5.69 Å². The minimum Gasteiger partial charge on any atom is -0.494 e. The Morgan fingerprint density at radius 1 is 1.57 bits per heavy atom. The standard InChI is InChI=1S/C9H10BrNO3/c1-2-14-9-4-3-8(11(12)13)5-7(9)6-10/h3-5H,2,6H2,1H3. The number of hydrogen-bond acceptors (Lipinski definition) is 3. The lowest BCUT2D eigenvalue weighted by atomic mass is 10.2. The van der Waals surface area contributed by atoms with Crippen LogP contribution in [0, 0.1) is 10.1 Å². The number of hydrogen-bond donors (Lipinski definition) is 0. The molecule has 0 saturated heterocycles. The fraction of sp³-hybridized carbons (Fsp3) is 0.333. The van der Waals surface area contributed by atoms with E-state index in [2.05, 4.69) is 15.9 Å². The van der Waals surface area contributed by atoms with Crippen molar-refractivity contribution in [3.8, 4) is 5.75 Å². The van der Waals surface area contributed by atoms with Crippen LogP contribution in [-0.2, 0) is 5.33 Å². The first kappa shape index (κ1) is 11.0. The molecule has 0 fully saturated rings. The molecule has 4 nitrogen and oxygen atoms in total. The van der Waals surface area contributed by atoms with Gasteiger partial charge in [-0.15, -0.1) is 0 Å². The van der Waals surface area contributed by atoms with Gasteiger partial charge in [-0.05, 0) is 13.0 Å². The van der Waals surface area contributed by atoms with E-state index in [9.17, 15) is 10.1 Å². The smallest absolute Gasteiger partial charge is 0.270 e. The Labute approximate surface area is 90.2 Å². The van der Waals surface area contributed by atoms with Crippen molar-refractivity contribution in [2.24, 2.45) is 0 Å². The number of nitro groups is 1. The third kappa shape index (κ3) is 2.45. The summed E-state index contributed by atoms with van der Waals surface area (Å²) < 4.78 is 5.31. The molecule has 0 bridgehead atoms. The van der Waals surface area contributed by atoms with Crippen LogP contribution in [0.3, 0.4) is 0 Å². The van der Waals surface area contributed by atoms with Gasteiger partial charge in [0.05, 0.1) is 11.5 Å². The summed E-state index contributed by atoms with van der Waals surface area (Å²) in [5.41, 5.74) is 0.879. The zero-order valence-corrected chi connectivity index (χ0v) is 9.28. The summed E-state index contributed by atoms with van der Waals surface area (Å²) in [5.74, 6) is 0.690. The lowest BCUT2D eigenvalue weighted by Crippen LogP contribution is -1.96. The summed E-state index contributed by atoms with van der Waals surface area (Å²) in [5, 5.41) is 11.0. The van der Waals surface area contributed by atoms with E-state index in [1.807, 2.05) is 6.92 Å². The van der Waals surface area contributed by atoms with E-state index in [1.165, 1.54) is 12.1 Å². The van der Waals surface area contributed by atoms with Gasteiger partial charge in [0, 0.05) is 23.0 Å². The maximum absolute atomic E-state index is 10.5. The van der Waals surface area contributed by atoms with E-state index in [4.69, 9.17) is 4.74 Å². The van der Waals surface area contributed by atoms with Crippen LogP contribution in [0.25, 0.3) is 0 Å².